The molecule has 1 amide bonds. The second kappa shape index (κ2) is 8.54. The molecule has 1 aromatic rings. The van der Waals surface area contributed by atoms with E-state index in [-0.39, 0.29) is 41.3 Å². The summed E-state index contributed by atoms with van der Waals surface area (Å²) in [7, 11) is 0. The van der Waals surface area contributed by atoms with Crippen molar-refractivity contribution in [2.75, 3.05) is 18.0 Å². The molecule has 3 N–H and O–H groups in total. The van der Waals surface area contributed by atoms with Gasteiger partial charge in [0, 0.05) is 36.8 Å². The third-order valence-corrected chi connectivity index (χ3v) is 6.88. The fourth-order valence-electron chi connectivity index (χ4n) is 5.12. The second-order valence-electron chi connectivity index (χ2n) is 8.24. The van der Waals surface area contributed by atoms with Crippen LogP contribution < -0.4 is 16.0 Å². The molecule has 150 valence electrons. The van der Waals surface area contributed by atoms with Crippen LogP contribution in [0.1, 0.15) is 38.5 Å². The fourth-order valence-corrected chi connectivity index (χ4v) is 5.29. The van der Waals surface area contributed by atoms with Crippen LogP contribution in [-0.2, 0) is 4.79 Å². The average Bonchev–Trinajstić information content (AvgIpc) is 3.05. The number of rotatable bonds is 3. The van der Waals surface area contributed by atoms with Crippen molar-refractivity contribution in [1.82, 2.24) is 5.32 Å². The van der Waals surface area contributed by atoms with Crippen LogP contribution in [-0.4, -0.2) is 31.1 Å². The van der Waals surface area contributed by atoms with Crippen LogP contribution in [0, 0.1) is 23.6 Å². The van der Waals surface area contributed by atoms with Gasteiger partial charge >= 0.3 is 0 Å². The molecular weight excluding hydrogens is 388 g/mol. The summed E-state index contributed by atoms with van der Waals surface area (Å²) in [5.74, 6) is 0.928. The number of benzene rings is 1. The molecule has 1 aromatic carbocycles. The van der Waals surface area contributed by atoms with Crippen molar-refractivity contribution in [3.05, 3.63) is 29.0 Å². The molecule has 0 aromatic heterocycles. The summed E-state index contributed by atoms with van der Waals surface area (Å²) < 4.78 is 13.3. The van der Waals surface area contributed by atoms with E-state index in [1.54, 1.807) is 12.1 Å². The Hall–Kier alpha value is -1.04. The quantitative estimate of drug-likeness (QED) is 0.789. The Labute approximate surface area is 171 Å². The molecule has 1 saturated heterocycles. The van der Waals surface area contributed by atoms with E-state index in [0.717, 1.165) is 38.0 Å². The van der Waals surface area contributed by atoms with Crippen LogP contribution in [0.4, 0.5) is 10.1 Å². The lowest BCUT2D eigenvalue weighted by molar-refractivity contribution is -0.128. The molecular formula is C20H28Cl2FN3O. The molecule has 2 bridgehead atoms. The van der Waals surface area contributed by atoms with Crippen LogP contribution in [0.25, 0.3) is 0 Å². The molecule has 1 aliphatic heterocycles. The lowest BCUT2D eigenvalue weighted by atomic mass is 9.65. The largest absolute Gasteiger partial charge is 0.369 e. The Morgan fingerprint density at radius 2 is 1.93 bits per heavy atom. The fraction of sp³-hybridized carbons (Fsp3) is 0.650. The molecule has 0 spiro atoms. The van der Waals surface area contributed by atoms with Gasteiger partial charge in [0.15, 0.2) is 0 Å². The predicted octanol–water partition coefficient (Wildman–Crippen LogP) is 3.75. The maximum atomic E-state index is 13.3. The van der Waals surface area contributed by atoms with E-state index in [0.29, 0.717) is 11.8 Å². The number of anilines is 1. The highest BCUT2D eigenvalue weighted by molar-refractivity contribution is 6.31. The molecule has 3 unspecified atom stereocenters. The predicted molar refractivity (Wildman–Crippen MR) is 109 cm³/mol. The van der Waals surface area contributed by atoms with E-state index < -0.39 is 5.82 Å². The van der Waals surface area contributed by atoms with Crippen molar-refractivity contribution in [2.24, 2.45) is 23.5 Å². The zero-order chi connectivity index (χ0) is 18.3. The minimum Gasteiger partial charge on any atom is -0.369 e. The van der Waals surface area contributed by atoms with E-state index in [4.69, 9.17) is 17.3 Å². The lowest BCUT2D eigenvalue weighted by Crippen LogP contribution is -2.50. The normalized spacial score (nSPS) is 32.7. The molecule has 3 atom stereocenters. The topological polar surface area (TPSA) is 58.4 Å². The van der Waals surface area contributed by atoms with Crippen LogP contribution >= 0.6 is 24.0 Å². The Bertz CT molecular complexity index is 675. The average molecular weight is 416 g/mol. The van der Waals surface area contributed by atoms with Gasteiger partial charge in [0.25, 0.3) is 0 Å². The van der Waals surface area contributed by atoms with Gasteiger partial charge in [-0.1, -0.05) is 18.0 Å². The molecule has 1 heterocycles. The maximum absolute atomic E-state index is 13.3. The highest BCUT2D eigenvalue weighted by Gasteiger charge is 2.41. The van der Waals surface area contributed by atoms with E-state index in [2.05, 4.69) is 10.2 Å². The summed E-state index contributed by atoms with van der Waals surface area (Å²) >= 11 is 5.89. The van der Waals surface area contributed by atoms with Gasteiger partial charge in [-0.05, 0) is 62.1 Å². The van der Waals surface area contributed by atoms with Crippen LogP contribution in [0.2, 0.25) is 5.02 Å². The summed E-state index contributed by atoms with van der Waals surface area (Å²) in [6.45, 7) is 1.58. The van der Waals surface area contributed by atoms with E-state index in [1.165, 1.54) is 25.3 Å². The van der Waals surface area contributed by atoms with Crippen molar-refractivity contribution >= 4 is 35.6 Å². The summed E-state index contributed by atoms with van der Waals surface area (Å²) in [5, 5.41) is 3.39. The first-order valence-corrected chi connectivity index (χ1v) is 10.1. The first kappa shape index (κ1) is 20.7. The Morgan fingerprint density at radius 1 is 1.22 bits per heavy atom. The maximum Gasteiger partial charge on any atom is 0.223 e. The van der Waals surface area contributed by atoms with Crippen molar-refractivity contribution in [3.8, 4) is 0 Å². The van der Waals surface area contributed by atoms with E-state index in [1.807, 2.05) is 0 Å². The Morgan fingerprint density at radius 3 is 2.59 bits per heavy atom. The molecule has 3 aliphatic rings. The molecule has 4 rings (SSSR count). The number of halogens is 3. The van der Waals surface area contributed by atoms with Crippen molar-refractivity contribution in [3.63, 3.8) is 0 Å². The summed E-state index contributed by atoms with van der Waals surface area (Å²) in [6.07, 6.45) is 6.38. The second-order valence-corrected chi connectivity index (χ2v) is 8.64. The van der Waals surface area contributed by atoms with Gasteiger partial charge in [0.05, 0.1) is 5.02 Å². The number of nitrogens with zero attached hydrogens (tertiary/aromatic N) is 1. The third kappa shape index (κ3) is 4.36. The molecule has 7 heteroatoms. The van der Waals surface area contributed by atoms with E-state index in [9.17, 15) is 9.18 Å². The standard InChI is InChI=1S/C20H27ClFN3O.ClH/c21-17-10-16(4-5-18(17)22)25-7-6-15(11-25)24-20(26)14-8-12-2-1-3-13(9-14)19(12)23;/h4-5,10,12-15,19H,1-3,6-9,11,23H2,(H,24,26);1H. The summed E-state index contributed by atoms with van der Waals surface area (Å²) in [4.78, 5) is 14.9. The van der Waals surface area contributed by atoms with Gasteiger partial charge in [-0.15, -0.1) is 12.4 Å². The van der Waals surface area contributed by atoms with Crippen molar-refractivity contribution in [1.29, 1.82) is 0 Å². The van der Waals surface area contributed by atoms with Crippen LogP contribution in [0.15, 0.2) is 18.2 Å². The zero-order valence-corrected chi connectivity index (χ0v) is 16.9. The molecule has 27 heavy (non-hydrogen) atoms. The number of fused-ring (bicyclic) bond motifs is 2. The highest BCUT2D eigenvalue weighted by Crippen LogP contribution is 2.42. The van der Waals surface area contributed by atoms with Crippen LogP contribution in [0.3, 0.4) is 0 Å². The minimum atomic E-state index is -0.402. The van der Waals surface area contributed by atoms with Gasteiger partial charge < -0.3 is 16.0 Å². The summed E-state index contributed by atoms with van der Waals surface area (Å²) in [5.41, 5.74) is 7.25. The number of carbonyl (C=O) groups excluding carboxylic acids is 1. The number of nitrogens with two attached hydrogens (primary N) is 1. The minimum absolute atomic E-state index is 0. The SMILES string of the molecule is Cl.NC1C2CCCC1CC(C(=O)NC1CCN(c3ccc(F)c(Cl)c3)C1)C2. The molecule has 4 nitrogen and oxygen atoms in total. The smallest absolute Gasteiger partial charge is 0.223 e. The highest BCUT2D eigenvalue weighted by atomic mass is 35.5. The Kier molecular flexibility index (Phi) is 6.54. The molecule has 2 aliphatic carbocycles. The van der Waals surface area contributed by atoms with Crippen molar-refractivity contribution < 1.29 is 9.18 Å². The monoisotopic (exact) mass is 415 g/mol. The third-order valence-electron chi connectivity index (χ3n) is 6.59. The van der Waals surface area contributed by atoms with Crippen LogP contribution in [0.5, 0.6) is 0 Å². The number of amides is 1. The number of hydrogen-bond donors (Lipinski definition) is 2. The first-order chi connectivity index (χ1) is 12.5. The zero-order valence-electron chi connectivity index (χ0n) is 15.4. The lowest BCUT2D eigenvalue weighted by Gasteiger charge is -2.43. The van der Waals surface area contributed by atoms with Gasteiger partial charge in [-0.25, -0.2) is 4.39 Å². The van der Waals surface area contributed by atoms with Crippen molar-refractivity contribution in [2.45, 2.75) is 50.6 Å². The van der Waals surface area contributed by atoms with Gasteiger partial charge in [0.1, 0.15) is 5.82 Å². The molecule has 3 fully saturated rings. The number of nitrogens with one attached hydrogen (secondary N) is 1. The molecule has 2 saturated carbocycles. The van der Waals surface area contributed by atoms with E-state index >= 15 is 0 Å². The summed E-state index contributed by atoms with van der Waals surface area (Å²) in [6, 6.07) is 5.23. The van der Waals surface area contributed by atoms with Gasteiger partial charge in [0.2, 0.25) is 5.91 Å². The van der Waals surface area contributed by atoms with Gasteiger partial charge in [-0.3, -0.25) is 4.79 Å². The number of hydrogen-bond acceptors (Lipinski definition) is 3. The van der Waals surface area contributed by atoms with Gasteiger partial charge in [-0.2, -0.15) is 0 Å². The first-order valence-electron chi connectivity index (χ1n) is 9.77. The Balaban J connectivity index is 0.00000210. The molecule has 0 radical (unpaired) electrons. The number of carbonyl (C=O) groups is 1.